The Morgan fingerprint density at radius 1 is 0.480 bits per heavy atom. The van der Waals surface area contributed by atoms with Crippen molar-refractivity contribution in [3.8, 4) is 0 Å². The minimum absolute atomic E-state index is 0.0848. The first-order valence-electron chi connectivity index (χ1n) is 20.5. The van der Waals surface area contributed by atoms with E-state index in [1.54, 1.807) is 0 Å². The van der Waals surface area contributed by atoms with E-state index in [0.717, 1.165) is 77.0 Å². The van der Waals surface area contributed by atoms with Crippen LogP contribution >= 0.6 is 0 Å². The summed E-state index contributed by atoms with van der Waals surface area (Å²) >= 11 is 0. The van der Waals surface area contributed by atoms with Crippen molar-refractivity contribution < 1.29 is 24.2 Å². The van der Waals surface area contributed by atoms with E-state index in [4.69, 9.17) is 9.47 Å². The van der Waals surface area contributed by atoms with Crippen molar-refractivity contribution in [1.29, 1.82) is 0 Å². The Labute approximate surface area is 308 Å². The van der Waals surface area contributed by atoms with Gasteiger partial charge in [0, 0.05) is 12.8 Å². The number of hydrogen-bond donors (Lipinski definition) is 1. The van der Waals surface area contributed by atoms with E-state index in [-0.39, 0.29) is 25.2 Å². The number of unbranched alkanes of at least 4 members (excludes halogenated alkanes) is 16. The third-order valence-electron chi connectivity index (χ3n) is 8.48. The summed E-state index contributed by atoms with van der Waals surface area (Å²) in [5.41, 5.74) is 0. The summed E-state index contributed by atoms with van der Waals surface area (Å²) in [4.78, 5) is 24.3. The van der Waals surface area contributed by atoms with Crippen LogP contribution in [0, 0.1) is 0 Å². The minimum atomic E-state index is -0.793. The van der Waals surface area contributed by atoms with Gasteiger partial charge in [0.25, 0.3) is 0 Å². The van der Waals surface area contributed by atoms with Gasteiger partial charge in [0.1, 0.15) is 6.61 Å². The molecular formula is C45H76O5. The predicted molar refractivity (Wildman–Crippen MR) is 214 cm³/mol. The lowest BCUT2D eigenvalue weighted by Crippen LogP contribution is -2.28. The first-order valence-corrected chi connectivity index (χ1v) is 20.5. The maximum atomic E-state index is 12.2. The van der Waals surface area contributed by atoms with Crippen molar-refractivity contribution in [2.45, 2.75) is 187 Å². The van der Waals surface area contributed by atoms with Gasteiger partial charge in [0.2, 0.25) is 0 Å². The number of esters is 2. The van der Waals surface area contributed by atoms with E-state index in [1.165, 1.54) is 77.0 Å². The molecule has 0 spiro atoms. The molecule has 0 fully saturated rings. The minimum Gasteiger partial charge on any atom is -0.462 e. The predicted octanol–water partition coefficient (Wildman–Crippen LogP) is 13.0. The molecule has 1 N–H and O–H groups in total. The first kappa shape index (κ1) is 47.3. The van der Waals surface area contributed by atoms with Gasteiger partial charge in [0.05, 0.1) is 6.61 Å². The van der Waals surface area contributed by atoms with E-state index >= 15 is 0 Å². The van der Waals surface area contributed by atoms with Crippen LogP contribution in [0.2, 0.25) is 0 Å². The van der Waals surface area contributed by atoms with Crippen molar-refractivity contribution in [2.24, 2.45) is 0 Å². The maximum Gasteiger partial charge on any atom is 0.306 e. The summed E-state index contributed by atoms with van der Waals surface area (Å²) in [5, 5.41) is 9.56. The quantitative estimate of drug-likeness (QED) is 0.0401. The Morgan fingerprint density at radius 3 is 1.34 bits per heavy atom. The molecule has 286 valence electrons. The topological polar surface area (TPSA) is 72.8 Å². The second-order valence-electron chi connectivity index (χ2n) is 13.3. The molecule has 0 aliphatic rings. The van der Waals surface area contributed by atoms with Gasteiger partial charge in [-0.25, -0.2) is 0 Å². The molecule has 0 saturated carbocycles. The van der Waals surface area contributed by atoms with Gasteiger partial charge in [-0.2, -0.15) is 0 Å². The van der Waals surface area contributed by atoms with Crippen LogP contribution in [-0.4, -0.2) is 36.4 Å². The van der Waals surface area contributed by atoms with Crippen LogP contribution in [-0.2, 0) is 19.1 Å². The number of aliphatic hydroxyl groups excluding tert-OH is 1. The highest BCUT2D eigenvalue weighted by Gasteiger charge is 2.16. The van der Waals surface area contributed by atoms with Gasteiger partial charge in [-0.05, 0) is 83.5 Å². The SMILES string of the molecule is CC/C=C\C/C=C\C/C=C\C/C=C\C/C=C\CCCCCC(=O)OC(CO)COC(=O)CCCCCCCCC/C=C\CCCCCCCC. The average molecular weight is 697 g/mol. The van der Waals surface area contributed by atoms with Crippen molar-refractivity contribution >= 4 is 11.9 Å². The summed E-state index contributed by atoms with van der Waals surface area (Å²) in [6, 6.07) is 0. The molecule has 0 bridgehead atoms. The van der Waals surface area contributed by atoms with Gasteiger partial charge >= 0.3 is 11.9 Å². The summed E-state index contributed by atoms with van der Waals surface area (Å²) in [6.07, 6.45) is 53.9. The Bertz CT molecular complexity index is 926. The number of ether oxygens (including phenoxy) is 2. The molecule has 0 aliphatic heterocycles. The summed E-state index contributed by atoms with van der Waals surface area (Å²) in [6.45, 7) is 3.98. The van der Waals surface area contributed by atoms with Crippen LogP contribution < -0.4 is 0 Å². The van der Waals surface area contributed by atoms with Gasteiger partial charge in [-0.3, -0.25) is 9.59 Å². The fourth-order valence-electron chi connectivity index (χ4n) is 5.40. The molecule has 0 amide bonds. The lowest BCUT2D eigenvalue weighted by molar-refractivity contribution is -0.161. The molecule has 1 atom stereocenters. The van der Waals surface area contributed by atoms with Crippen molar-refractivity contribution in [3.63, 3.8) is 0 Å². The summed E-state index contributed by atoms with van der Waals surface area (Å²) in [7, 11) is 0. The normalized spacial score (nSPS) is 12.9. The van der Waals surface area contributed by atoms with Gasteiger partial charge < -0.3 is 14.6 Å². The molecule has 0 aromatic heterocycles. The molecule has 0 radical (unpaired) electrons. The second-order valence-corrected chi connectivity index (χ2v) is 13.3. The molecule has 0 aromatic rings. The summed E-state index contributed by atoms with van der Waals surface area (Å²) < 4.78 is 10.6. The second kappa shape index (κ2) is 40.8. The first-order chi connectivity index (χ1) is 24.6. The molecule has 5 nitrogen and oxygen atoms in total. The van der Waals surface area contributed by atoms with Crippen molar-refractivity contribution in [1.82, 2.24) is 0 Å². The number of hydrogen-bond acceptors (Lipinski definition) is 5. The number of carbonyl (C=O) groups is 2. The average Bonchev–Trinajstić information content (AvgIpc) is 3.12. The zero-order chi connectivity index (χ0) is 36.4. The Balaban J connectivity index is 3.65. The number of carbonyl (C=O) groups excluding carboxylic acids is 2. The molecule has 0 aromatic carbocycles. The zero-order valence-electron chi connectivity index (χ0n) is 32.4. The summed E-state index contributed by atoms with van der Waals surface area (Å²) in [5.74, 6) is -0.638. The molecule has 0 heterocycles. The number of allylic oxidation sites excluding steroid dienone is 12. The Hall–Kier alpha value is -2.66. The Morgan fingerprint density at radius 2 is 0.860 bits per heavy atom. The van der Waals surface area contributed by atoms with Crippen LogP contribution in [0.3, 0.4) is 0 Å². The van der Waals surface area contributed by atoms with Crippen molar-refractivity contribution in [2.75, 3.05) is 13.2 Å². The van der Waals surface area contributed by atoms with Crippen LogP contribution in [0.4, 0.5) is 0 Å². The molecule has 1 unspecified atom stereocenters. The standard InChI is InChI=1S/C45H76O5/c1-3-5-7-9-11-13-15-17-19-21-22-24-26-28-30-32-34-36-38-40-45(48)50-43(41-46)42-49-44(47)39-37-35-33-31-29-27-25-23-20-18-16-14-12-10-8-6-4-2/h5,7,11,13,17-20,22,24,28,30,43,46H,3-4,6,8-10,12,14-16,21,23,25-27,29,31-42H2,1-2H3/b7-5-,13-11-,19-17-,20-18-,24-22-,30-28-. The van der Waals surface area contributed by atoms with Crippen LogP contribution in [0.1, 0.15) is 181 Å². The van der Waals surface area contributed by atoms with E-state index in [0.29, 0.717) is 12.8 Å². The fourth-order valence-corrected chi connectivity index (χ4v) is 5.40. The van der Waals surface area contributed by atoms with Gasteiger partial charge in [-0.15, -0.1) is 0 Å². The maximum absolute atomic E-state index is 12.2. The third-order valence-corrected chi connectivity index (χ3v) is 8.48. The van der Waals surface area contributed by atoms with E-state index in [2.05, 4.69) is 86.8 Å². The number of aliphatic hydroxyl groups is 1. The monoisotopic (exact) mass is 697 g/mol. The highest BCUT2D eigenvalue weighted by atomic mass is 16.6. The van der Waals surface area contributed by atoms with Gasteiger partial charge in [-0.1, -0.05) is 157 Å². The van der Waals surface area contributed by atoms with Crippen molar-refractivity contribution in [3.05, 3.63) is 72.9 Å². The lowest BCUT2D eigenvalue weighted by Gasteiger charge is -2.15. The van der Waals surface area contributed by atoms with E-state index < -0.39 is 6.10 Å². The van der Waals surface area contributed by atoms with Crippen LogP contribution in [0.15, 0.2) is 72.9 Å². The molecule has 0 rings (SSSR count). The molecule has 0 saturated heterocycles. The van der Waals surface area contributed by atoms with E-state index in [1.807, 2.05) is 0 Å². The molecular weight excluding hydrogens is 620 g/mol. The smallest absolute Gasteiger partial charge is 0.306 e. The highest BCUT2D eigenvalue weighted by molar-refractivity contribution is 5.70. The highest BCUT2D eigenvalue weighted by Crippen LogP contribution is 2.12. The zero-order valence-corrected chi connectivity index (χ0v) is 32.4. The number of rotatable bonds is 36. The van der Waals surface area contributed by atoms with Crippen LogP contribution in [0.25, 0.3) is 0 Å². The fraction of sp³-hybridized carbons (Fsp3) is 0.689. The molecule has 5 heteroatoms. The van der Waals surface area contributed by atoms with Crippen LogP contribution in [0.5, 0.6) is 0 Å². The van der Waals surface area contributed by atoms with Gasteiger partial charge in [0.15, 0.2) is 6.10 Å². The van der Waals surface area contributed by atoms with E-state index in [9.17, 15) is 14.7 Å². The Kier molecular flexibility index (Phi) is 38.6. The molecule has 0 aliphatic carbocycles. The lowest BCUT2D eigenvalue weighted by atomic mass is 10.1. The largest absolute Gasteiger partial charge is 0.462 e. The molecule has 50 heavy (non-hydrogen) atoms. The third kappa shape index (κ3) is 38.1.